The molecule has 2 saturated heterocycles. The van der Waals surface area contributed by atoms with Gasteiger partial charge in [-0.25, -0.2) is 0 Å². The third kappa shape index (κ3) is 11.0. The minimum Gasteiger partial charge on any atom is -0.490 e. The van der Waals surface area contributed by atoms with Gasteiger partial charge in [-0.3, -0.25) is 9.59 Å². The smallest absolute Gasteiger partial charge is 0.306 e. The summed E-state index contributed by atoms with van der Waals surface area (Å²) in [5.41, 5.74) is 6.33. The van der Waals surface area contributed by atoms with Crippen LogP contribution in [0, 0.1) is 10.8 Å². The Morgan fingerprint density at radius 3 is 1.34 bits per heavy atom. The first-order valence-electron chi connectivity index (χ1n) is 23.6. The van der Waals surface area contributed by atoms with Crippen LogP contribution in [0.15, 0.2) is 97.1 Å². The van der Waals surface area contributed by atoms with Crippen LogP contribution in [0.5, 0.6) is 11.5 Å². The number of esters is 2. The molecule has 0 spiro atoms. The average molecular weight is 877 g/mol. The minimum atomic E-state index is -0.638. The predicted octanol–water partition coefficient (Wildman–Crippen LogP) is 10.3. The maximum absolute atomic E-state index is 12.8. The van der Waals surface area contributed by atoms with Crippen molar-refractivity contribution < 1.29 is 47.5 Å². The van der Waals surface area contributed by atoms with Gasteiger partial charge >= 0.3 is 11.9 Å². The van der Waals surface area contributed by atoms with Crippen LogP contribution in [0.2, 0.25) is 0 Å². The number of rotatable bonds is 27. The lowest BCUT2D eigenvalue weighted by Crippen LogP contribution is -2.46. The second-order valence-corrected chi connectivity index (χ2v) is 18.0. The maximum atomic E-state index is 12.8. The minimum absolute atomic E-state index is 0.0271. The normalized spacial score (nSPS) is 17.2. The highest BCUT2D eigenvalue weighted by atomic mass is 16.6. The standard InChI is InChI=1S/C54H68O10/c1-5-9-11-21-51(56)64-45(31-58-35-53(8-4)38-60-39-53)33-62-43-28-24-41(25-29-43)54(48-18-14-12-16-46(48)47-17-13-15-19-49(47)54)40-22-26-42(27-23-40)61-32-44(63-50(55)20-10-6-2)30-57-34-52(7-3)36-59-37-52/h12-19,22-29,44-45H,5-11,20-21,30-39H2,1-4H3. The summed E-state index contributed by atoms with van der Waals surface area (Å²) in [6.45, 7) is 13.2. The van der Waals surface area contributed by atoms with Gasteiger partial charge in [-0.1, -0.05) is 120 Å². The first-order valence-corrected chi connectivity index (χ1v) is 23.6. The molecule has 0 bridgehead atoms. The summed E-state index contributed by atoms with van der Waals surface area (Å²) in [5.74, 6) is 0.879. The zero-order valence-corrected chi connectivity index (χ0v) is 38.4. The zero-order valence-electron chi connectivity index (χ0n) is 38.4. The molecule has 344 valence electrons. The predicted molar refractivity (Wildman–Crippen MR) is 247 cm³/mol. The van der Waals surface area contributed by atoms with Gasteiger partial charge < -0.3 is 37.9 Å². The first-order chi connectivity index (χ1) is 31.3. The van der Waals surface area contributed by atoms with E-state index in [9.17, 15) is 9.59 Å². The van der Waals surface area contributed by atoms with E-state index in [2.05, 4.69) is 100 Å². The number of carbonyl (C=O) groups excluding carboxylic acids is 2. The van der Waals surface area contributed by atoms with Crippen molar-refractivity contribution in [2.75, 3.05) is 66.1 Å². The third-order valence-electron chi connectivity index (χ3n) is 13.3. The Balaban J connectivity index is 1.09. The Morgan fingerprint density at radius 2 is 0.953 bits per heavy atom. The Labute approximate surface area is 380 Å². The summed E-state index contributed by atoms with van der Waals surface area (Å²) < 4.78 is 47.7. The van der Waals surface area contributed by atoms with E-state index in [1.165, 1.54) is 22.3 Å². The van der Waals surface area contributed by atoms with E-state index in [4.69, 9.17) is 37.9 Å². The van der Waals surface area contributed by atoms with Gasteiger partial charge in [0.1, 0.15) is 24.7 Å². The van der Waals surface area contributed by atoms with Crippen molar-refractivity contribution in [1.82, 2.24) is 0 Å². The molecule has 2 heterocycles. The van der Waals surface area contributed by atoms with Gasteiger partial charge in [0, 0.05) is 23.7 Å². The number of fused-ring (bicyclic) bond motifs is 3. The van der Waals surface area contributed by atoms with Crippen molar-refractivity contribution in [2.45, 2.75) is 103 Å². The lowest BCUT2D eigenvalue weighted by Gasteiger charge is -2.40. The van der Waals surface area contributed by atoms with Gasteiger partial charge in [0.15, 0.2) is 12.2 Å². The first kappa shape index (κ1) is 47.2. The molecule has 2 unspecified atom stereocenters. The molecule has 10 nitrogen and oxygen atoms in total. The number of ether oxygens (including phenoxy) is 8. The molecule has 0 radical (unpaired) electrons. The van der Waals surface area contributed by atoms with Crippen LogP contribution in [-0.2, 0) is 43.4 Å². The number of unbranched alkanes of at least 4 members (excludes halogenated alkanes) is 3. The Bertz CT molecular complexity index is 2030. The molecule has 1 aliphatic carbocycles. The van der Waals surface area contributed by atoms with E-state index in [0.717, 1.165) is 56.1 Å². The van der Waals surface area contributed by atoms with Crippen LogP contribution in [0.25, 0.3) is 11.1 Å². The van der Waals surface area contributed by atoms with E-state index >= 15 is 0 Å². The van der Waals surface area contributed by atoms with E-state index in [1.54, 1.807) is 0 Å². The molecule has 2 fully saturated rings. The summed E-state index contributed by atoms with van der Waals surface area (Å²) in [7, 11) is 0. The van der Waals surface area contributed by atoms with Crippen LogP contribution in [0.4, 0.5) is 0 Å². The molecule has 4 aromatic carbocycles. The van der Waals surface area contributed by atoms with Crippen molar-refractivity contribution in [3.8, 4) is 22.6 Å². The molecular weight excluding hydrogens is 809 g/mol. The molecule has 3 aliphatic rings. The molecule has 10 heteroatoms. The van der Waals surface area contributed by atoms with E-state index < -0.39 is 17.6 Å². The molecule has 7 rings (SSSR count). The van der Waals surface area contributed by atoms with Crippen molar-refractivity contribution >= 4 is 11.9 Å². The van der Waals surface area contributed by atoms with Gasteiger partial charge in [-0.15, -0.1) is 0 Å². The Hall–Kier alpha value is -4.74. The molecule has 0 aromatic heterocycles. The highest BCUT2D eigenvalue weighted by Crippen LogP contribution is 2.56. The van der Waals surface area contributed by atoms with Gasteiger partial charge in [0.2, 0.25) is 0 Å². The van der Waals surface area contributed by atoms with Gasteiger partial charge in [-0.2, -0.15) is 0 Å². The SMILES string of the molecule is CCCCCC(=O)OC(COCC1(CC)COC1)COc1ccc(C2(c3ccc(OCC(COCC4(CC)COC4)OC(=O)CCCC)cc3)c3ccccc3-c3ccccc32)cc1. The van der Waals surface area contributed by atoms with Crippen molar-refractivity contribution in [2.24, 2.45) is 10.8 Å². The maximum Gasteiger partial charge on any atom is 0.306 e. The summed E-state index contributed by atoms with van der Waals surface area (Å²) >= 11 is 0. The van der Waals surface area contributed by atoms with Crippen LogP contribution in [0.1, 0.15) is 108 Å². The largest absolute Gasteiger partial charge is 0.490 e. The number of benzene rings is 4. The summed E-state index contributed by atoms with van der Waals surface area (Å²) in [6.07, 6.45) is 6.10. The molecule has 64 heavy (non-hydrogen) atoms. The number of hydrogen-bond donors (Lipinski definition) is 0. The Kier molecular flexibility index (Phi) is 16.6. The molecule has 0 saturated carbocycles. The van der Waals surface area contributed by atoms with Gasteiger partial charge in [0.25, 0.3) is 0 Å². The second-order valence-electron chi connectivity index (χ2n) is 18.0. The van der Waals surface area contributed by atoms with Crippen LogP contribution >= 0.6 is 0 Å². The molecule has 0 amide bonds. The summed E-state index contributed by atoms with van der Waals surface area (Å²) in [5, 5.41) is 0. The van der Waals surface area contributed by atoms with E-state index in [1.807, 2.05) is 24.3 Å². The highest BCUT2D eigenvalue weighted by molar-refractivity contribution is 5.86. The molecule has 4 aromatic rings. The third-order valence-corrected chi connectivity index (χ3v) is 13.3. The van der Waals surface area contributed by atoms with Crippen LogP contribution < -0.4 is 9.47 Å². The fraction of sp³-hybridized carbons (Fsp3) is 0.519. The monoisotopic (exact) mass is 876 g/mol. The van der Waals surface area contributed by atoms with E-state index in [0.29, 0.717) is 64.0 Å². The molecule has 0 N–H and O–H groups in total. The van der Waals surface area contributed by atoms with Crippen LogP contribution in [0.3, 0.4) is 0 Å². The molecule has 2 aliphatic heterocycles. The van der Waals surface area contributed by atoms with Crippen LogP contribution in [-0.4, -0.2) is 90.2 Å². The van der Waals surface area contributed by atoms with Crippen molar-refractivity contribution in [1.29, 1.82) is 0 Å². The number of hydrogen-bond acceptors (Lipinski definition) is 10. The average Bonchev–Trinajstić information content (AvgIpc) is 3.59. The fourth-order valence-corrected chi connectivity index (χ4v) is 8.94. The lowest BCUT2D eigenvalue weighted by atomic mass is 9.68. The van der Waals surface area contributed by atoms with Gasteiger partial charge in [-0.05, 0) is 83.3 Å². The lowest BCUT2D eigenvalue weighted by molar-refractivity contribution is -0.168. The second kappa shape index (κ2) is 22.4. The quantitative estimate of drug-likeness (QED) is 0.0374. The highest BCUT2D eigenvalue weighted by Gasteiger charge is 2.46. The van der Waals surface area contributed by atoms with Gasteiger partial charge in [0.05, 0.1) is 58.3 Å². The topological polar surface area (TPSA) is 108 Å². The van der Waals surface area contributed by atoms with Crippen molar-refractivity contribution in [3.63, 3.8) is 0 Å². The molecular formula is C54H68O10. The summed E-state index contributed by atoms with van der Waals surface area (Å²) in [4.78, 5) is 25.6. The van der Waals surface area contributed by atoms with E-state index in [-0.39, 0.29) is 49.2 Å². The fourth-order valence-electron chi connectivity index (χ4n) is 8.94. The molecule has 2 atom stereocenters. The number of carbonyl (C=O) groups is 2. The Morgan fingerprint density at radius 1 is 0.531 bits per heavy atom. The van der Waals surface area contributed by atoms with Crippen molar-refractivity contribution in [3.05, 3.63) is 119 Å². The summed E-state index contributed by atoms with van der Waals surface area (Å²) in [6, 6.07) is 33.8. The zero-order chi connectivity index (χ0) is 44.8.